The molecule has 1 fully saturated rings. The Kier molecular flexibility index (Phi) is 5.03. The summed E-state index contributed by atoms with van der Waals surface area (Å²) in [7, 11) is 0. The Morgan fingerprint density at radius 1 is 1.26 bits per heavy atom. The summed E-state index contributed by atoms with van der Waals surface area (Å²) in [6.45, 7) is 10.0. The second-order valence-corrected chi connectivity index (χ2v) is 5.82. The lowest BCUT2D eigenvalue weighted by Crippen LogP contribution is -2.17. The van der Waals surface area contributed by atoms with E-state index in [-0.39, 0.29) is 0 Å². The molecule has 0 aliphatic heterocycles. The van der Waals surface area contributed by atoms with Crippen LogP contribution in [0.5, 0.6) is 0 Å². The number of hydrogen-bond donors (Lipinski definition) is 1. The Labute approximate surface area is 117 Å². The maximum atomic E-state index is 4.89. The van der Waals surface area contributed by atoms with Crippen LogP contribution in [0.1, 0.15) is 76.4 Å². The molecule has 0 amide bonds. The largest absolute Gasteiger partial charge is 0.310 e. The molecule has 3 nitrogen and oxygen atoms in total. The van der Waals surface area contributed by atoms with Crippen LogP contribution in [0.4, 0.5) is 0 Å². The van der Waals surface area contributed by atoms with Gasteiger partial charge in [0.15, 0.2) is 0 Å². The van der Waals surface area contributed by atoms with Crippen molar-refractivity contribution in [1.29, 1.82) is 0 Å². The van der Waals surface area contributed by atoms with Gasteiger partial charge in [0.1, 0.15) is 0 Å². The SMILES string of the molecule is CCCC(C)n1nc(CC)c(CNC2CC2)c1CC. The van der Waals surface area contributed by atoms with Gasteiger partial charge in [0, 0.05) is 29.9 Å². The zero-order chi connectivity index (χ0) is 13.8. The summed E-state index contributed by atoms with van der Waals surface area (Å²) >= 11 is 0. The van der Waals surface area contributed by atoms with Crippen LogP contribution in [-0.2, 0) is 19.4 Å². The van der Waals surface area contributed by atoms with E-state index in [1.54, 1.807) is 0 Å². The minimum atomic E-state index is 0.528. The average Bonchev–Trinajstić information content (AvgIpc) is 3.16. The van der Waals surface area contributed by atoms with Gasteiger partial charge in [-0.05, 0) is 39.0 Å². The molecule has 0 spiro atoms. The van der Waals surface area contributed by atoms with Gasteiger partial charge in [-0.1, -0.05) is 27.2 Å². The van der Waals surface area contributed by atoms with Gasteiger partial charge in [0.25, 0.3) is 0 Å². The third-order valence-electron chi connectivity index (χ3n) is 4.14. The van der Waals surface area contributed by atoms with Crippen LogP contribution >= 0.6 is 0 Å². The molecule has 1 saturated carbocycles. The first kappa shape index (κ1) is 14.6. The minimum absolute atomic E-state index is 0.528. The molecular weight excluding hydrogens is 234 g/mol. The Balaban J connectivity index is 2.21. The van der Waals surface area contributed by atoms with E-state index < -0.39 is 0 Å². The summed E-state index contributed by atoms with van der Waals surface area (Å²) < 4.78 is 2.30. The molecule has 2 rings (SSSR count). The van der Waals surface area contributed by atoms with Crippen molar-refractivity contribution in [2.75, 3.05) is 0 Å². The Morgan fingerprint density at radius 2 is 2.00 bits per heavy atom. The molecule has 0 radical (unpaired) electrons. The molecule has 1 unspecified atom stereocenters. The summed E-state index contributed by atoms with van der Waals surface area (Å²) in [6.07, 6.45) is 7.27. The van der Waals surface area contributed by atoms with Gasteiger partial charge in [-0.3, -0.25) is 4.68 Å². The van der Waals surface area contributed by atoms with Gasteiger partial charge in [-0.15, -0.1) is 0 Å². The minimum Gasteiger partial charge on any atom is -0.310 e. The summed E-state index contributed by atoms with van der Waals surface area (Å²) in [5.41, 5.74) is 4.22. The van der Waals surface area contributed by atoms with E-state index in [4.69, 9.17) is 5.10 Å². The normalized spacial score (nSPS) is 16.8. The summed E-state index contributed by atoms with van der Waals surface area (Å²) in [5.74, 6) is 0. The molecule has 1 aromatic rings. The molecule has 108 valence electrons. The lowest BCUT2D eigenvalue weighted by atomic mass is 10.1. The second-order valence-electron chi connectivity index (χ2n) is 5.82. The molecule has 1 aliphatic rings. The quantitative estimate of drug-likeness (QED) is 0.776. The van der Waals surface area contributed by atoms with E-state index in [0.717, 1.165) is 25.4 Å². The highest BCUT2D eigenvalue weighted by Crippen LogP contribution is 2.24. The van der Waals surface area contributed by atoms with E-state index in [1.807, 2.05) is 0 Å². The molecule has 1 heterocycles. The first-order valence-corrected chi connectivity index (χ1v) is 8.03. The lowest BCUT2D eigenvalue weighted by Gasteiger charge is -2.15. The topological polar surface area (TPSA) is 29.9 Å². The molecule has 0 aromatic carbocycles. The number of aryl methyl sites for hydroxylation is 1. The number of aromatic nitrogens is 2. The number of nitrogens with one attached hydrogen (secondary N) is 1. The monoisotopic (exact) mass is 263 g/mol. The second kappa shape index (κ2) is 6.56. The van der Waals surface area contributed by atoms with Crippen LogP contribution in [0, 0.1) is 0 Å². The molecule has 1 atom stereocenters. The van der Waals surface area contributed by atoms with Crippen LogP contribution < -0.4 is 5.32 Å². The van der Waals surface area contributed by atoms with Crippen molar-refractivity contribution in [3.05, 3.63) is 17.0 Å². The first-order chi connectivity index (χ1) is 9.21. The third kappa shape index (κ3) is 3.38. The lowest BCUT2D eigenvalue weighted by molar-refractivity contribution is 0.437. The van der Waals surface area contributed by atoms with Gasteiger partial charge >= 0.3 is 0 Å². The highest BCUT2D eigenvalue weighted by molar-refractivity contribution is 5.27. The number of hydrogen-bond acceptors (Lipinski definition) is 2. The molecule has 1 N–H and O–H groups in total. The van der Waals surface area contributed by atoms with Crippen molar-refractivity contribution >= 4 is 0 Å². The fourth-order valence-electron chi connectivity index (χ4n) is 2.86. The van der Waals surface area contributed by atoms with Crippen molar-refractivity contribution in [3.63, 3.8) is 0 Å². The molecule has 1 aromatic heterocycles. The molecule has 0 bridgehead atoms. The fourth-order valence-corrected chi connectivity index (χ4v) is 2.86. The number of rotatable bonds is 8. The maximum Gasteiger partial charge on any atom is 0.0669 e. The van der Waals surface area contributed by atoms with E-state index in [0.29, 0.717) is 6.04 Å². The van der Waals surface area contributed by atoms with E-state index >= 15 is 0 Å². The Bertz CT molecular complexity index is 404. The summed E-state index contributed by atoms with van der Waals surface area (Å²) in [6, 6.07) is 1.30. The van der Waals surface area contributed by atoms with Crippen molar-refractivity contribution < 1.29 is 0 Å². The summed E-state index contributed by atoms with van der Waals surface area (Å²) in [5, 5.41) is 8.55. The molecule has 0 saturated heterocycles. The van der Waals surface area contributed by atoms with Gasteiger partial charge in [-0.25, -0.2) is 0 Å². The maximum absolute atomic E-state index is 4.89. The van der Waals surface area contributed by atoms with Crippen LogP contribution in [-0.4, -0.2) is 15.8 Å². The number of nitrogens with zero attached hydrogens (tertiary/aromatic N) is 2. The van der Waals surface area contributed by atoms with Crippen molar-refractivity contribution in [2.24, 2.45) is 0 Å². The van der Waals surface area contributed by atoms with Crippen molar-refractivity contribution in [2.45, 2.75) is 84.8 Å². The molecule has 1 aliphatic carbocycles. The van der Waals surface area contributed by atoms with Crippen LogP contribution in [0.3, 0.4) is 0 Å². The van der Waals surface area contributed by atoms with Crippen LogP contribution in [0.25, 0.3) is 0 Å². The Morgan fingerprint density at radius 3 is 2.53 bits per heavy atom. The van der Waals surface area contributed by atoms with Crippen molar-refractivity contribution in [3.8, 4) is 0 Å². The summed E-state index contributed by atoms with van der Waals surface area (Å²) in [4.78, 5) is 0. The fraction of sp³-hybridized carbons (Fsp3) is 0.812. The van der Waals surface area contributed by atoms with Crippen molar-refractivity contribution in [1.82, 2.24) is 15.1 Å². The molecular formula is C16H29N3. The predicted molar refractivity (Wildman–Crippen MR) is 80.5 cm³/mol. The highest BCUT2D eigenvalue weighted by Gasteiger charge is 2.23. The zero-order valence-corrected chi connectivity index (χ0v) is 13.0. The average molecular weight is 263 g/mol. The standard InChI is InChI=1S/C16H29N3/c1-5-8-12(4)19-16(7-3)14(15(6-2)18-19)11-17-13-9-10-13/h12-13,17H,5-11H2,1-4H3. The Hall–Kier alpha value is -0.830. The third-order valence-corrected chi connectivity index (χ3v) is 4.14. The van der Waals surface area contributed by atoms with Gasteiger partial charge in [-0.2, -0.15) is 5.10 Å². The van der Waals surface area contributed by atoms with Gasteiger partial charge in [0.2, 0.25) is 0 Å². The first-order valence-electron chi connectivity index (χ1n) is 8.03. The smallest absolute Gasteiger partial charge is 0.0669 e. The van der Waals surface area contributed by atoms with E-state index in [1.165, 1.54) is 42.6 Å². The van der Waals surface area contributed by atoms with Gasteiger partial charge < -0.3 is 5.32 Å². The van der Waals surface area contributed by atoms with Crippen LogP contribution in [0.15, 0.2) is 0 Å². The van der Waals surface area contributed by atoms with Crippen LogP contribution in [0.2, 0.25) is 0 Å². The predicted octanol–water partition coefficient (Wildman–Crippen LogP) is 3.62. The van der Waals surface area contributed by atoms with Gasteiger partial charge in [0.05, 0.1) is 5.69 Å². The zero-order valence-electron chi connectivity index (χ0n) is 13.0. The molecule has 19 heavy (non-hydrogen) atoms. The molecule has 3 heteroatoms. The highest BCUT2D eigenvalue weighted by atomic mass is 15.3. The van der Waals surface area contributed by atoms with E-state index in [2.05, 4.69) is 37.7 Å². The van der Waals surface area contributed by atoms with E-state index in [9.17, 15) is 0 Å².